The zero-order valence-electron chi connectivity index (χ0n) is 13.0. The molecule has 22 heavy (non-hydrogen) atoms. The van der Waals surface area contributed by atoms with Crippen LogP contribution < -0.4 is 0 Å². The second kappa shape index (κ2) is 5.54. The maximum absolute atomic E-state index is 9.81. The van der Waals surface area contributed by atoms with E-state index in [1.165, 1.54) is 37.9 Å². The lowest BCUT2D eigenvalue weighted by molar-refractivity contribution is 0.0126. The van der Waals surface area contributed by atoms with Crippen molar-refractivity contribution in [2.75, 3.05) is 13.1 Å². The summed E-state index contributed by atoms with van der Waals surface area (Å²) < 4.78 is 0. The molecule has 5 atom stereocenters. The third-order valence-corrected chi connectivity index (χ3v) is 5.86. The van der Waals surface area contributed by atoms with E-state index in [1.54, 1.807) is 6.07 Å². The molecule has 1 N–H and O–H groups in total. The lowest BCUT2D eigenvalue weighted by Crippen LogP contribution is -2.53. The molecule has 5 rings (SSSR count). The molecule has 0 saturated carbocycles. The summed E-state index contributed by atoms with van der Waals surface area (Å²) in [6.45, 7) is 6.44. The topological polar surface area (TPSA) is 35.8 Å². The van der Waals surface area contributed by atoms with E-state index in [-0.39, 0.29) is 0 Å². The molecule has 0 radical (unpaired) electrons. The highest BCUT2D eigenvalue weighted by atomic mass is 16.3. The van der Waals surface area contributed by atoms with Gasteiger partial charge in [-0.25, -0.2) is 0 Å². The Bertz CT molecular complexity index is 609. The fourth-order valence-electron chi connectivity index (χ4n) is 4.64. The highest BCUT2D eigenvalue weighted by molar-refractivity contribution is 5.71. The molecule has 0 aliphatic carbocycles. The van der Waals surface area contributed by atoms with Crippen LogP contribution in [0, 0.1) is 11.8 Å². The van der Waals surface area contributed by atoms with E-state index < -0.39 is 0 Å². The summed E-state index contributed by atoms with van der Waals surface area (Å²) in [6, 6.07) is 6.27. The van der Waals surface area contributed by atoms with Crippen LogP contribution in [-0.4, -0.2) is 35.4 Å². The van der Waals surface area contributed by atoms with E-state index in [0.29, 0.717) is 23.6 Å². The van der Waals surface area contributed by atoms with Crippen LogP contribution in [-0.2, 0) is 0 Å². The molecular formula is C19H24N2O. The van der Waals surface area contributed by atoms with Gasteiger partial charge in [0, 0.05) is 18.8 Å². The van der Waals surface area contributed by atoms with Crippen LogP contribution in [0.2, 0.25) is 0 Å². The molecule has 1 aromatic carbocycles. The van der Waals surface area contributed by atoms with Gasteiger partial charge in [-0.15, -0.1) is 6.58 Å². The van der Waals surface area contributed by atoms with Crippen molar-refractivity contribution < 1.29 is 5.11 Å². The summed E-state index contributed by atoms with van der Waals surface area (Å²) in [7, 11) is 0. The molecule has 0 spiro atoms. The first-order valence-electron chi connectivity index (χ1n) is 8.46. The molecule has 116 valence electrons. The van der Waals surface area contributed by atoms with Crippen molar-refractivity contribution in [3.8, 4) is 5.75 Å². The van der Waals surface area contributed by atoms with Crippen molar-refractivity contribution in [2.45, 2.75) is 37.6 Å². The van der Waals surface area contributed by atoms with Gasteiger partial charge in [-0.2, -0.15) is 0 Å². The Morgan fingerprint density at radius 3 is 3.09 bits per heavy atom. The number of benzene rings is 1. The number of phenols is 1. The first-order chi connectivity index (χ1) is 10.7. The van der Waals surface area contributed by atoms with Gasteiger partial charge in [-0.3, -0.25) is 9.89 Å². The number of nitrogens with zero attached hydrogens (tertiary/aromatic N) is 2. The van der Waals surface area contributed by atoms with Crippen molar-refractivity contribution in [1.29, 1.82) is 0 Å². The minimum Gasteiger partial charge on any atom is -0.508 e. The molecular weight excluding hydrogens is 272 g/mol. The molecule has 4 heterocycles. The highest BCUT2D eigenvalue weighted by Crippen LogP contribution is 2.43. The van der Waals surface area contributed by atoms with E-state index in [0.717, 1.165) is 18.0 Å². The molecule has 3 fully saturated rings. The monoisotopic (exact) mass is 296 g/mol. The Labute approximate surface area is 132 Å². The van der Waals surface area contributed by atoms with E-state index in [2.05, 4.69) is 22.5 Å². The maximum Gasteiger partial charge on any atom is 0.116 e. The minimum absolute atomic E-state index is 0.359. The van der Waals surface area contributed by atoms with Gasteiger partial charge >= 0.3 is 0 Å². The Balaban J connectivity index is 1.52. The van der Waals surface area contributed by atoms with Crippen LogP contribution in [0.15, 0.2) is 35.8 Å². The fraction of sp³-hybridized carbons (Fsp3) is 0.526. The average molecular weight is 296 g/mol. The highest BCUT2D eigenvalue weighted by Gasteiger charge is 2.39. The van der Waals surface area contributed by atoms with Gasteiger partial charge in [0.25, 0.3) is 0 Å². The van der Waals surface area contributed by atoms with Crippen molar-refractivity contribution in [3.63, 3.8) is 0 Å². The van der Waals surface area contributed by atoms with Crippen LogP contribution in [0.1, 0.15) is 37.2 Å². The van der Waals surface area contributed by atoms with Crippen LogP contribution in [0.25, 0.3) is 0 Å². The second-order valence-corrected chi connectivity index (χ2v) is 7.06. The summed E-state index contributed by atoms with van der Waals surface area (Å²) >= 11 is 0. The summed E-state index contributed by atoms with van der Waals surface area (Å²) in [5.41, 5.74) is 2.26. The summed E-state index contributed by atoms with van der Waals surface area (Å²) in [5.74, 6) is 2.37. The SMILES string of the molecule is C=CC1CN2CCC1CC2CC1CC=Nc2ccc(O)cc21. The third kappa shape index (κ3) is 2.38. The predicted octanol–water partition coefficient (Wildman–Crippen LogP) is 3.87. The Kier molecular flexibility index (Phi) is 3.53. The molecule has 3 nitrogen and oxygen atoms in total. The van der Waals surface area contributed by atoms with E-state index in [9.17, 15) is 5.11 Å². The van der Waals surface area contributed by atoms with Crippen molar-refractivity contribution in [3.05, 3.63) is 36.4 Å². The quantitative estimate of drug-likeness (QED) is 0.860. The van der Waals surface area contributed by atoms with E-state index >= 15 is 0 Å². The predicted molar refractivity (Wildman–Crippen MR) is 90.0 cm³/mol. The number of hydrogen-bond acceptors (Lipinski definition) is 3. The lowest BCUT2D eigenvalue weighted by Gasteiger charge is -2.50. The lowest BCUT2D eigenvalue weighted by atomic mass is 9.73. The molecule has 2 bridgehead atoms. The van der Waals surface area contributed by atoms with Gasteiger partial charge in [0.1, 0.15) is 5.75 Å². The van der Waals surface area contributed by atoms with Crippen LogP contribution in [0.5, 0.6) is 5.75 Å². The molecule has 4 aliphatic rings. The number of fused-ring (bicyclic) bond motifs is 4. The number of aromatic hydroxyl groups is 1. The van der Waals surface area contributed by atoms with E-state index in [4.69, 9.17) is 0 Å². The summed E-state index contributed by atoms with van der Waals surface area (Å²) in [4.78, 5) is 7.15. The Morgan fingerprint density at radius 2 is 2.32 bits per heavy atom. The molecule has 3 heteroatoms. The first-order valence-corrected chi connectivity index (χ1v) is 8.46. The first kappa shape index (κ1) is 14.0. The number of phenolic OH excluding ortho intramolecular Hbond substituents is 1. The van der Waals surface area contributed by atoms with Gasteiger partial charge in [0.05, 0.1) is 5.69 Å². The van der Waals surface area contributed by atoms with Crippen LogP contribution in [0.3, 0.4) is 0 Å². The molecule has 0 amide bonds. The number of piperidine rings is 3. The van der Waals surface area contributed by atoms with Crippen LogP contribution >= 0.6 is 0 Å². The molecule has 4 aliphatic heterocycles. The van der Waals surface area contributed by atoms with Crippen LogP contribution in [0.4, 0.5) is 5.69 Å². The smallest absolute Gasteiger partial charge is 0.116 e. The van der Waals surface area contributed by atoms with E-state index in [1.807, 2.05) is 18.3 Å². The molecule has 1 aromatic rings. The Hall–Kier alpha value is -1.61. The average Bonchev–Trinajstić information content (AvgIpc) is 2.56. The normalized spacial score (nSPS) is 36.1. The van der Waals surface area contributed by atoms with Gasteiger partial charge < -0.3 is 5.11 Å². The molecule has 0 aromatic heterocycles. The van der Waals surface area contributed by atoms with Gasteiger partial charge in [0.15, 0.2) is 0 Å². The summed E-state index contributed by atoms with van der Waals surface area (Å²) in [5, 5.41) is 9.81. The fourth-order valence-corrected chi connectivity index (χ4v) is 4.64. The molecule has 5 unspecified atom stereocenters. The van der Waals surface area contributed by atoms with Gasteiger partial charge in [0.2, 0.25) is 0 Å². The maximum atomic E-state index is 9.81. The van der Waals surface area contributed by atoms with Crippen molar-refractivity contribution in [1.82, 2.24) is 4.90 Å². The minimum atomic E-state index is 0.359. The van der Waals surface area contributed by atoms with Gasteiger partial charge in [-0.05, 0) is 73.7 Å². The molecule has 3 saturated heterocycles. The van der Waals surface area contributed by atoms with Crippen molar-refractivity contribution in [2.24, 2.45) is 16.8 Å². The third-order valence-electron chi connectivity index (χ3n) is 5.86. The zero-order valence-corrected chi connectivity index (χ0v) is 13.0. The zero-order chi connectivity index (χ0) is 15.1. The Morgan fingerprint density at radius 1 is 1.41 bits per heavy atom. The second-order valence-electron chi connectivity index (χ2n) is 7.06. The summed E-state index contributed by atoms with van der Waals surface area (Å²) in [6.07, 6.45) is 9.02. The number of hydrogen-bond donors (Lipinski definition) is 1. The number of aliphatic imine (C=N–C) groups is 1. The van der Waals surface area contributed by atoms with Crippen molar-refractivity contribution >= 4 is 11.9 Å². The van der Waals surface area contributed by atoms with Gasteiger partial charge in [-0.1, -0.05) is 6.08 Å². The largest absolute Gasteiger partial charge is 0.508 e. The standard InChI is InChI=1S/C19H24N2O/c1-2-13-12-21-8-6-14(13)9-16(21)10-15-5-7-20-19-4-3-17(22)11-18(15)19/h2-4,7,11,13-16,22H,1,5-6,8-10,12H2. The number of rotatable bonds is 3.